The predicted molar refractivity (Wildman–Crippen MR) is 119 cm³/mol. The number of nitrogens with one attached hydrogen (secondary N) is 3. The second kappa shape index (κ2) is 7.56. The number of benzene rings is 2. The van der Waals surface area contributed by atoms with Crippen molar-refractivity contribution in [3.8, 4) is 0 Å². The van der Waals surface area contributed by atoms with Gasteiger partial charge in [0.15, 0.2) is 0 Å². The van der Waals surface area contributed by atoms with Crippen LogP contribution in [0.25, 0.3) is 11.0 Å². The highest BCUT2D eigenvalue weighted by atomic mass is 19.1. The summed E-state index contributed by atoms with van der Waals surface area (Å²) in [5.41, 5.74) is 2.78. The fourth-order valence-corrected chi connectivity index (χ4v) is 3.86. The number of carbonyl (C=O) groups is 2. The molecule has 4 aromatic rings. The maximum absolute atomic E-state index is 13.4. The number of amides is 2. The van der Waals surface area contributed by atoms with E-state index in [2.05, 4.69) is 25.6 Å². The summed E-state index contributed by atoms with van der Waals surface area (Å²) in [4.78, 5) is 37.6. The quantitative estimate of drug-likeness (QED) is 0.440. The molecule has 1 aliphatic carbocycles. The Balaban J connectivity index is 1.39. The third-order valence-corrected chi connectivity index (χ3v) is 5.82. The number of aromatic nitrogens is 3. The lowest BCUT2D eigenvalue weighted by atomic mass is 9.98. The van der Waals surface area contributed by atoms with Crippen LogP contribution in [0, 0.1) is 12.7 Å². The van der Waals surface area contributed by atoms with Gasteiger partial charge < -0.3 is 15.6 Å². The predicted octanol–water partition coefficient (Wildman–Crippen LogP) is 4.33. The summed E-state index contributed by atoms with van der Waals surface area (Å²) in [7, 11) is 0. The molecular weight excluding hydrogens is 409 g/mol. The van der Waals surface area contributed by atoms with E-state index in [1.165, 1.54) is 24.5 Å². The van der Waals surface area contributed by atoms with Crippen LogP contribution in [0.2, 0.25) is 0 Å². The van der Waals surface area contributed by atoms with E-state index in [-0.39, 0.29) is 5.91 Å². The summed E-state index contributed by atoms with van der Waals surface area (Å²) in [6, 6.07) is 12.6. The molecule has 0 unspecified atom stereocenters. The zero-order chi connectivity index (χ0) is 22.3. The van der Waals surface area contributed by atoms with E-state index in [9.17, 15) is 14.0 Å². The summed E-state index contributed by atoms with van der Waals surface area (Å²) in [5, 5.41) is 6.49. The molecule has 8 heteroatoms. The van der Waals surface area contributed by atoms with Gasteiger partial charge in [0, 0.05) is 28.5 Å². The van der Waals surface area contributed by atoms with Gasteiger partial charge in [-0.3, -0.25) is 9.59 Å². The van der Waals surface area contributed by atoms with Crippen molar-refractivity contribution in [1.82, 2.24) is 15.0 Å². The lowest BCUT2D eigenvalue weighted by Crippen LogP contribution is -2.29. The molecule has 0 saturated heterocycles. The first-order chi connectivity index (χ1) is 15.5. The third kappa shape index (κ3) is 3.49. The number of aromatic amines is 1. The second-order valence-electron chi connectivity index (χ2n) is 7.99. The Kier molecular flexibility index (Phi) is 4.70. The van der Waals surface area contributed by atoms with Crippen molar-refractivity contribution in [3.63, 3.8) is 0 Å². The summed E-state index contributed by atoms with van der Waals surface area (Å²) in [6.07, 6.45) is 4.62. The molecule has 7 nitrogen and oxygen atoms in total. The maximum atomic E-state index is 13.4. The molecule has 2 heterocycles. The van der Waals surface area contributed by atoms with E-state index in [1.807, 2.05) is 13.0 Å². The van der Waals surface area contributed by atoms with Crippen LogP contribution in [0.5, 0.6) is 0 Å². The first kappa shape index (κ1) is 19.9. The first-order valence-corrected chi connectivity index (χ1v) is 10.2. The van der Waals surface area contributed by atoms with Crippen LogP contribution in [0.3, 0.4) is 0 Å². The monoisotopic (exact) mass is 429 g/mol. The van der Waals surface area contributed by atoms with Crippen LogP contribution in [0.15, 0.2) is 61.1 Å². The van der Waals surface area contributed by atoms with Gasteiger partial charge in [-0.25, -0.2) is 14.4 Å². The van der Waals surface area contributed by atoms with Crippen LogP contribution >= 0.6 is 0 Å². The van der Waals surface area contributed by atoms with Crippen molar-refractivity contribution in [2.45, 2.75) is 25.2 Å². The SMILES string of the molecule is Cc1ccc(C(=O)Nc2cccc(F)c2)cc1NC(=O)C1(c2ncnc3[nH]ccc23)CC1. The van der Waals surface area contributed by atoms with E-state index in [4.69, 9.17) is 0 Å². The molecule has 0 atom stereocenters. The van der Waals surface area contributed by atoms with Crippen LogP contribution < -0.4 is 10.6 Å². The molecule has 0 bridgehead atoms. The zero-order valence-electron chi connectivity index (χ0n) is 17.3. The lowest BCUT2D eigenvalue weighted by Gasteiger charge is -2.17. The van der Waals surface area contributed by atoms with Crippen LogP contribution in [0.1, 0.15) is 34.5 Å². The van der Waals surface area contributed by atoms with Gasteiger partial charge in [0.25, 0.3) is 5.91 Å². The first-order valence-electron chi connectivity index (χ1n) is 10.2. The number of H-pyrrole nitrogens is 1. The Labute approximate surface area is 183 Å². The van der Waals surface area contributed by atoms with Gasteiger partial charge >= 0.3 is 0 Å². The van der Waals surface area contributed by atoms with E-state index < -0.39 is 17.1 Å². The number of rotatable bonds is 5. The summed E-state index contributed by atoms with van der Waals surface area (Å²) in [6.45, 7) is 1.86. The van der Waals surface area contributed by atoms with Gasteiger partial charge in [-0.1, -0.05) is 12.1 Å². The number of nitrogens with zero attached hydrogens (tertiary/aromatic N) is 2. The fraction of sp³-hybridized carbons (Fsp3) is 0.167. The second-order valence-corrected chi connectivity index (χ2v) is 7.99. The average Bonchev–Trinajstić information content (AvgIpc) is 3.44. The topological polar surface area (TPSA) is 99.8 Å². The van der Waals surface area contributed by atoms with Gasteiger partial charge in [-0.2, -0.15) is 0 Å². The molecule has 0 aliphatic heterocycles. The Morgan fingerprint density at radius 3 is 2.69 bits per heavy atom. The largest absolute Gasteiger partial charge is 0.346 e. The number of carbonyl (C=O) groups excluding carboxylic acids is 2. The molecule has 32 heavy (non-hydrogen) atoms. The number of hydrogen-bond donors (Lipinski definition) is 3. The molecule has 1 fully saturated rings. The number of hydrogen-bond acceptors (Lipinski definition) is 4. The van der Waals surface area contributed by atoms with Crippen LogP contribution in [-0.4, -0.2) is 26.8 Å². The maximum Gasteiger partial charge on any atom is 0.255 e. The number of aryl methyl sites for hydroxylation is 1. The Hall–Kier alpha value is -4.07. The van der Waals surface area contributed by atoms with Gasteiger partial charge in [0.1, 0.15) is 17.8 Å². The van der Waals surface area contributed by atoms with Crippen LogP contribution in [-0.2, 0) is 10.2 Å². The molecule has 160 valence electrons. The summed E-state index contributed by atoms with van der Waals surface area (Å²) >= 11 is 0. The number of anilines is 2. The highest BCUT2D eigenvalue weighted by molar-refractivity contribution is 6.07. The average molecular weight is 429 g/mol. The molecular formula is C24H20FN5O2. The normalized spacial score (nSPS) is 14.2. The van der Waals surface area contributed by atoms with Crippen LogP contribution in [0.4, 0.5) is 15.8 Å². The Bertz CT molecular complexity index is 1360. The fourth-order valence-electron chi connectivity index (χ4n) is 3.86. The zero-order valence-corrected chi connectivity index (χ0v) is 17.3. The number of halogens is 1. The molecule has 1 aliphatic rings. The van der Waals surface area contributed by atoms with Gasteiger partial charge in [-0.15, -0.1) is 0 Å². The van der Waals surface area contributed by atoms with E-state index in [0.29, 0.717) is 41.1 Å². The van der Waals surface area contributed by atoms with Crippen molar-refractivity contribution < 1.29 is 14.0 Å². The van der Waals surface area contributed by atoms with Gasteiger partial charge in [-0.05, 0) is 61.7 Å². The molecule has 2 amide bonds. The number of fused-ring (bicyclic) bond motifs is 1. The molecule has 0 radical (unpaired) electrons. The summed E-state index contributed by atoms with van der Waals surface area (Å²) in [5.74, 6) is -0.989. The van der Waals surface area contributed by atoms with E-state index >= 15 is 0 Å². The highest BCUT2D eigenvalue weighted by Crippen LogP contribution is 2.50. The molecule has 2 aromatic heterocycles. The molecule has 3 N–H and O–H groups in total. The molecule has 0 spiro atoms. The van der Waals surface area contributed by atoms with Crippen molar-refractivity contribution in [3.05, 3.63) is 83.7 Å². The highest BCUT2D eigenvalue weighted by Gasteiger charge is 2.53. The van der Waals surface area contributed by atoms with Crippen molar-refractivity contribution in [2.24, 2.45) is 0 Å². The molecule has 1 saturated carbocycles. The standard InChI is InChI=1S/C24H20FN5O2/c1-14-5-6-15(22(31)29-17-4-2-3-16(25)12-17)11-19(14)30-23(32)24(8-9-24)20-18-7-10-26-21(18)28-13-27-20/h2-7,10-13H,8-9H2,1H3,(H,29,31)(H,30,32)(H,26,27,28). The van der Waals surface area contributed by atoms with E-state index in [1.54, 1.807) is 30.5 Å². The summed E-state index contributed by atoms with van der Waals surface area (Å²) < 4.78 is 13.4. The lowest BCUT2D eigenvalue weighted by molar-refractivity contribution is -0.118. The van der Waals surface area contributed by atoms with Crippen molar-refractivity contribution in [2.75, 3.05) is 10.6 Å². The smallest absolute Gasteiger partial charge is 0.255 e. The molecule has 5 rings (SSSR count). The van der Waals surface area contributed by atoms with E-state index in [0.717, 1.165) is 10.9 Å². The van der Waals surface area contributed by atoms with Crippen molar-refractivity contribution >= 4 is 34.2 Å². The minimum absolute atomic E-state index is 0.163. The van der Waals surface area contributed by atoms with Gasteiger partial charge in [0.05, 0.1) is 11.1 Å². The minimum atomic E-state index is -0.713. The van der Waals surface area contributed by atoms with Crippen molar-refractivity contribution in [1.29, 1.82) is 0 Å². The Morgan fingerprint density at radius 2 is 1.91 bits per heavy atom. The third-order valence-electron chi connectivity index (χ3n) is 5.82. The minimum Gasteiger partial charge on any atom is -0.346 e. The molecule has 2 aromatic carbocycles. The Morgan fingerprint density at radius 1 is 1.06 bits per heavy atom. The van der Waals surface area contributed by atoms with Gasteiger partial charge in [0.2, 0.25) is 5.91 Å².